The van der Waals surface area contributed by atoms with Gasteiger partial charge < -0.3 is 9.94 Å². The second-order valence-electron chi connectivity index (χ2n) is 2.02. The molecule has 0 amide bonds. The van der Waals surface area contributed by atoms with Crippen LogP contribution < -0.4 is 5.48 Å². The van der Waals surface area contributed by atoms with Crippen LogP contribution in [-0.2, 0) is 9.53 Å². The molecule has 0 spiro atoms. The third kappa shape index (κ3) is 3.42. The average Bonchev–Trinajstić information content (AvgIpc) is 1.89. The van der Waals surface area contributed by atoms with Crippen LogP contribution in [0.15, 0.2) is 0 Å². The summed E-state index contributed by atoms with van der Waals surface area (Å²) in [6.45, 7) is 4.05. The van der Waals surface area contributed by atoms with E-state index in [1.165, 1.54) is 0 Å². The monoisotopic (exact) mass is 147 g/mol. The van der Waals surface area contributed by atoms with Gasteiger partial charge in [-0.1, -0.05) is 6.92 Å². The molecule has 0 rings (SSSR count). The number of hydrogen-bond donors (Lipinski definition) is 2. The Balaban J connectivity index is 3.49. The van der Waals surface area contributed by atoms with Crippen molar-refractivity contribution in [2.75, 3.05) is 13.2 Å². The lowest BCUT2D eigenvalue weighted by Gasteiger charge is -2.07. The highest BCUT2D eigenvalue weighted by Gasteiger charge is 2.11. The van der Waals surface area contributed by atoms with Gasteiger partial charge in [0.25, 0.3) is 0 Å². The Morgan fingerprint density at radius 1 is 1.80 bits per heavy atom. The van der Waals surface area contributed by atoms with E-state index in [0.29, 0.717) is 6.61 Å². The van der Waals surface area contributed by atoms with Crippen molar-refractivity contribution in [1.29, 1.82) is 0 Å². The van der Waals surface area contributed by atoms with Gasteiger partial charge in [-0.2, -0.15) is 0 Å². The summed E-state index contributed by atoms with van der Waals surface area (Å²) >= 11 is 0. The van der Waals surface area contributed by atoms with Crippen LogP contribution >= 0.6 is 0 Å². The average molecular weight is 147 g/mol. The first kappa shape index (κ1) is 9.39. The molecule has 1 atom stereocenters. The summed E-state index contributed by atoms with van der Waals surface area (Å²) in [4.78, 5) is 10.8. The van der Waals surface area contributed by atoms with E-state index >= 15 is 0 Å². The Hall–Kier alpha value is -0.610. The molecule has 0 radical (unpaired) electrons. The van der Waals surface area contributed by atoms with E-state index in [1.54, 1.807) is 13.8 Å². The first-order valence-corrected chi connectivity index (χ1v) is 3.26. The zero-order valence-electron chi connectivity index (χ0n) is 6.26. The van der Waals surface area contributed by atoms with E-state index in [1.807, 2.05) is 5.48 Å². The second kappa shape index (κ2) is 5.20. The molecule has 0 aromatic rings. The molecule has 4 heteroatoms. The molecule has 1 unspecified atom stereocenters. The Labute approximate surface area is 60.1 Å². The van der Waals surface area contributed by atoms with Gasteiger partial charge in [-0.25, -0.2) is 5.48 Å². The van der Waals surface area contributed by atoms with Crippen LogP contribution in [0.2, 0.25) is 0 Å². The molecule has 0 bridgehead atoms. The molecular formula is C6H13NO3. The first-order chi connectivity index (χ1) is 4.72. The fourth-order valence-electron chi connectivity index (χ4n) is 0.505. The lowest BCUT2D eigenvalue weighted by atomic mass is 10.2. The SMILES string of the molecule is CCOC(=O)C(C)CNO. The van der Waals surface area contributed by atoms with E-state index in [0.717, 1.165) is 0 Å². The minimum Gasteiger partial charge on any atom is -0.466 e. The lowest BCUT2D eigenvalue weighted by molar-refractivity contribution is -0.147. The molecule has 2 N–H and O–H groups in total. The van der Waals surface area contributed by atoms with Gasteiger partial charge in [-0.3, -0.25) is 4.79 Å². The topological polar surface area (TPSA) is 58.6 Å². The van der Waals surface area contributed by atoms with Crippen LogP contribution in [0.3, 0.4) is 0 Å². The molecule has 0 heterocycles. The fourth-order valence-corrected chi connectivity index (χ4v) is 0.505. The summed E-state index contributed by atoms with van der Waals surface area (Å²) < 4.78 is 4.67. The van der Waals surface area contributed by atoms with Crippen LogP contribution in [-0.4, -0.2) is 24.3 Å². The predicted molar refractivity (Wildman–Crippen MR) is 35.6 cm³/mol. The molecule has 0 aliphatic heterocycles. The summed E-state index contributed by atoms with van der Waals surface area (Å²) in [5.74, 6) is -0.575. The highest BCUT2D eigenvalue weighted by molar-refractivity contribution is 5.72. The maximum absolute atomic E-state index is 10.8. The lowest BCUT2D eigenvalue weighted by Crippen LogP contribution is -2.25. The Bertz CT molecular complexity index is 105. The molecule has 0 aliphatic rings. The molecule has 0 aromatic carbocycles. The minimum atomic E-state index is -0.288. The zero-order valence-corrected chi connectivity index (χ0v) is 6.26. The molecule has 10 heavy (non-hydrogen) atoms. The van der Waals surface area contributed by atoms with Gasteiger partial charge in [0.1, 0.15) is 0 Å². The van der Waals surface area contributed by atoms with Crippen LogP contribution in [0.5, 0.6) is 0 Å². The number of carbonyl (C=O) groups is 1. The number of ether oxygens (including phenoxy) is 1. The van der Waals surface area contributed by atoms with E-state index in [4.69, 9.17) is 5.21 Å². The van der Waals surface area contributed by atoms with Crippen molar-refractivity contribution in [2.24, 2.45) is 5.92 Å². The van der Waals surface area contributed by atoms with E-state index in [9.17, 15) is 4.79 Å². The quantitative estimate of drug-likeness (QED) is 0.439. The molecule has 0 saturated carbocycles. The van der Waals surface area contributed by atoms with Crippen molar-refractivity contribution in [2.45, 2.75) is 13.8 Å². The van der Waals surface area contributed by atoms with E-state index in [-0.39, 0.29) is 18.4 Å². The number of nitrogens with one attached hydrogen (secondary N) is 1. The summed E-state index contributed by atoms with van der Waals surface area (Å²) in [5.41, 5.74) is 1.91. The van der Waals surface area contributed by atoms with Crippen LogP contribution in [0, 0.1) is 5.92 Å². The van der Waals surface area contributed by atoms with Gasteiger partial charge in [0, 0.05) is 6.54 Å². The number of hydroxylamine groups is 1. The molecule has 60 valence electrons. The Kier molecular flexibility index (Phi) is 4.88. The van der Waals surface area contributed by atoms with Crippen molar-refractivity contribution >= 4 is 5.97 Å². The molecule has 0 aliphatic carbocycles. The fraction of sp³-hybridized carbons (Fsp3) is 0.833. The number of hydrogen-bond acceptors (Lipinski definition) is 4. The Morgan fingerprint density at radius 2 is 2.40 bits per heavy atom. The van der Waals surface area contributed by atoms with Crippen LogP contribution in [0.1, 0.15) is 13.8 Å². The first-order valence-electron chi connectivity index (χ1n) is 3.26. The summed E-state index contributed by atoms with van der Waals surface area (Å²) in [7, 11) is 0. The van der Waals surface area contributed by atoms with Crippen LogP contribution in [0.4, 0.5) is 0 Å². The van der Waals surface area contributed by atoms with Crippen molar-refractivity contribution in [1.82, 2.24) is 5.48 Å². The highest BCUT2D eigenvalue weighted by atomic mass is 16.5. The van der Waals surface area contributed by atoms with Gasteiger partial charge in [-0.05, 0) is 6.92 Å². The Morgan fingerprint density at radius 3 is 2.80 bits per heavy atom. The largest absolute Gasteiger partial charge is 0.466 e. The minimum absolute atomic E-state index is 0.235. The second-order valence-corrected chi connectivity index (χ2v) is 2.02. The van der Waals surface area contributed by atoms with Gasteiger partial charge in [0.05, 0.1) is 12.5 Å². The van der Waals surface area contributed by atoms with Crippen molar-refractivity contribution < 1.29 is 14.7 Å². The molecule has 4 nitrogen and oxygen atoms in total. The summed E-state index contributed by atoms with van der Waals surface area (Å²) in [5, 5.41) is 8.20. The van der Waals surface area contributed by atoms with Crippen molar-refractivity contribution in [3.8, 4) is 0 Å². The number of rotatable bonds is 4. The maximum atomic E-state index is 10.8. The highest BCUT2D eigenvalue weighted by Crippen LogP contribution is 1.95. The van der Waals surface area contributed by atoms with Gasteiger partial charge in [0.15, 0.2) is 0 Å². The van der Waals surface area contributed by atoms with Gasteiger partial charge in [-0.15, -0.1) is 0 Å². The zero-order chi connectivity index (χ0) is 7.98. The van der Waals surface area contributed by atoms with Gasteiger partial charge >= 0.3 is 5.97 Å². The molecular weight excluding hydrogens is 134 g/mol. The van der Waals surface area contributed by atoms with Crippen LogP contribution in [0.25, 0.3) is 0 Å². The van der Waals surface area contributed by atoms with Crippen molar-refractivity contribution in [3.63, 3.8) is 0 Å². The molecule has 0 aromatic heterocycles. The molecule has 0 saturated heterocycles. The maximum Gasteiger partial charge on any atom is 0.310 e. The standard InChI is InChI=1S/C6H13NO3/c1-3-10-6(8)5(2)4-7-9/h5,7,9H,3-4H2,1-2H3. The van der Waals surface area contributed by atoms with Gasteiger partial charge in [0.2, 0.25) is 0 Å². The van der Waals surface area contributed by atoms with E-state index in [2.05, 4.69) is 4.74 Å². The number of esters is 1. The number of carbonyl (C=O) groups excluding carboxylic acids is 1. The smallest absolute Gasteiger partial charge is 0.310 e. The summed E-state index contributed by atoms with van der Waals surface area (Å²) in [6.07, 6.45) is 0. The third-order valence-corrected chi connectivity index (χ3v) is 1.09. The normalized spacial score (nSPS) is 12.7. The van der Waals surface area contributed by atoms with E-state index < -0.39 is 0 Å². The predicted octanol–water partition coefficient (Wildman–Crippen LogP) is 0.164. The summed E-state index contributed by atoms with van der Waals surface area (Å²) in [6, 6.07) is 0. The third-order valence-electron chi connectivity index (χ3n) is 1.09. The molecule has 0 fully saturated rings. The van der Waals surface area contributed by atoms with Crippen molar-refractivity contribution in [3.05, 3.63) is 0 Å².